The summed E-state index contributed by atoms with van der Waals surface area (Å²) >= 11 is 0. The Morgan fingerprint density at radius 2 is 1.78 bits per heavy atom. The Morgan fingerprint density at radius 3 is 2.59 bits per heavy atom. The summed E-state index contributed by atoms with van der Waals surface area (Å²) < 4.78 is 10.4. The molecule has 1 aliphatic heterocycles. The average Bonchev–Trinajstić information content (AvgIpc) is 2.70. The van der Waals surface area contributed by atoms with Crippen molar-refractivity contribution in [3.8, 4) is 5.75 Å². The molecular weight excluding hydrogens is 348 g/mol. The zero-order valence-electron chi connectivity index (χ0n) is 15.4. The zero-order chi connectivity index (χ0) is 19.2. The predicted octanol–water partition coefficient (Wildman–Crippen LogP) is 1.89. The number of primary amides is 1. The molecule has 0 spiro atoms. The van der Waals surface area contributed by atoms with Crippen molar-refractivity contribution < 1.29 is 23.9 Å². The molecule has 0 bridgehead atoms. The molecular formula is C20H26N2O5. The number of piperidine rings is 1. The highest BCUT2D eigenvalue weighted by atomic mass is 16.6. The second-order valence-corrected chi connectivity index (χ2v) is 7.15. The summed E-state index contributed by atoms with van der Waals surface area (Å²) in [5, 5.41) is 0. The van der Waals surface area contributed by atoms with Crippen molar-refractivity contribution in [2.75, 3.05) is 19.8 Å². The van der Waals surface area contributed by atoms with Crippen LogP contribution in [0.4, 0.5) is 0 Å². The minimum atomic E-state index is -0.653. The highest BCUT2D eigenvalue weighted by molar-refractivity contribution is 5.95. The Kier molecular flexibility index (Phi) is 6.32. The first-order valence-corrected chi connectivity index (χ1v) is 9.53. The lowest BCUT2D eigenvalue weighted by molar-refractivity contribution is -0.156. The molecule has 1 heterocycles. The van der Waals surface area contributed by atoms with Crippen LogP contribution >= 0.6 is 0 Å². The van der Waals surface area contributed by atoms with E-state index in [1.165, 1.54) is 25.3 Å². The fourth-order valence-electron chi connectivity index (χ4n) is 4.13. The van der Waals surface area contributed by atoms with Gasteiger partial charge in [-0.05, 0) is 43.7 Å². The largest absolute Gasteiger partial charge is 0.481 e. The van der Waals surface area contributed by atoms with Gasteiger partial charge in [-0.3, -0.25) is 9.59 Å². The molecule has 2 N–H and O–H groups in total. The first kappa shape index (κ1) is 19.2. The van der Waals surface area contributed by atoms with Gasteiger partial charge in [-0.25, -0.2) is 4.79 Å². The van der Waals surface area contributed by atoms with Crippen molar-refractivity contribution in [3.05, 3.63) is 29.8 Å². The van der Waals surface area contributed by atoms with Crippen LogP contribution in [0.15, 0.2) is 24.3 Å². The summed E-state index contributed by atoms with van der Waals surface area (Å²) in [5.41, 5.74) is 5.46. The van der Waals surface area contributed by atoms with E-state index in [9.17, 15) is 14.4 Å². The highest BCUT2D eigenvalue weighted by Crippen LogP contribution is 2.35. The molecule has 2 atom stereocenters. The van der Waals surface area contributed by atoms with Gasteiger partial charge in [-0.2, -0.15) is 0 Å². The molecule has 146 valence electrons. The fraction of sp³-hybridized carbons (Fsp3) is 0.550. The maximum Gasteiger partial charge on any atom is 0.344 e. The number of carbonyl (C=O) groups is 3. The van der Waals surface area contributed by atoms with E-state index in [0.717, 1.165) is 25.8 Å². The number of benzene rings is 1. The van der Waals surface area contributed by atoms with Gasteiger partial charge in [0.05, 0.1) is 5.56 Å². The van der Waals surface area contributed by atoms with Crippen LogP contribution in [0, 0.1) is 5.92 Å². The normalized spacial score (nSPS) is 21.9. The Hall–Kier alpha value is -2.57. The van der Waals surface area contributed by atoms with Crippen LogP contribution < -0.4 is 10.5 Å². The van der Waals surface area contributed by atoms with E-state index in [0.29, 0.717) is 5.92 Å². The smallest absolute Gasteiger partial charge is 0.344 e. The minimum Gasteiger partial charge on any atom is -0.481 e. The van der Waals surface area contributed by atoms with Gasteiger partial charge in [0.15, 0.2) is 13.2 Å². The number of likely N-dealkylation sites (tertiary alicyclic amines) is 1. The van der Waals surface area contributed by atoms with E-state index in [-0.39, 0.29) is 36.5 Å². The van der Waals surface area contributed by atoms with Gasteiger partial charge in [0.25, 0.3) is 11.8 Å². The molecule has 1 aliphatic carbocycles. The third-order valence-corrected chi connectivity index (χ3v) is 5.42. The quantitative estimate of drug-likeness (QED) is 0.767. The molecule has 0 radical (unpaired) electrons. The molecule has 0 aromatic heterocycles. The third kappa shape index (κ3) is 4.78. The molecule has 2 aliphatic rings. The molecule has 7 nitrogen and oxygen atoms in total. The molecule has 27 heavy (non-hydrogen) atoms. The van der Waals surface area contributed by atoms with Gasteiger partial charge < -0.3 is 20.1 Å². The molecule has 1 saturated heterocycles. The molecule has 2 amide bonds. The molecule has 7 heteroatoms. The number of amides is 2. The Labute approximate surface area is 158 Å². The summed E-state index contributed by atoms with van der Waals surface area (Å²) in [6.45, 7) is 0.0759. The van der Waals surface area contributed by atoms with Crippen molar-refractivity contribution in [2.45, 2.75) is 44.6 Å². The summed E-state index contributed by atoms with van der Waals surface area (Å²) in [7, 11) is 0. The van der Waals surface area contributed by atoms with Crippen LogP contribution in [-0.2, 0) is 14.3 Å². The Balaban J connectivity index is 1.47. The van der Waals surface area contributed by atoms with Gasteiger partial charge in [-0.15, -0.1) is 0 Å². The summed E-state index contributed by atoms with van der Waals surface area (Å²) in [5.74, 6) is -0.631. The Morgan fingerprint density at radius 1 is 1.04 bits per heavy atom. The number of ether oxygens (including phenoxy) is 2. The second-order valence-electron chi connectivity index (χ2n) is 7.15. The van der Waals surface area contributed by atoms with E-state index >= 15 is 0 Å². The number of fused-ring (bicyclic) bond motifs is 1. The fourth-order valence-corrected chi connectivity index (χ4v) is 4.13. The minimum absolute atomic E-state index is 0.141. The molecule has 2 fully saturated rings. The standard InChI is InChI=1S/C20H26N2O5/c21-20(25)15-8-2-4-10-17(15)26-13-19(24)27-12-18(23)22-11-5-7-14-6-1-3-9-16(14)22/h2,4,8,10,14,16H,1,3,5-7,9,11-13H2,(H2,21,25)/t14-,16-/m1/s1. The van der Waals surface area contributed by atoms with Crippen LogP contribution in [0.2, 0.25) is 0 Å². The van der Waals surface area contributed by atoms with E-state index < -0.39 is 11.9 Å². The van der Waals surface area contributed by atoms with Crippen molar-refractivity contribution >= 4 is 17.8 Å². The van der Waals surface area contributed by atoms with E-state index in [1.54, 1.807) is 18.2 Å². The Bertz CT molecular complexity index is 703. The molecule has 1 saturated carbocycles. The summed E-state index contributed by atoms with van der Waals surface area (Å²) in [4.78, 5) is 37.7. The zero-order valence-corrected chi connectivity index (χ0v) is 15.4. The summed E-state index contributed by atoms with van der Waals surface area (Å²) in [6, 6.07) is 6.69. The van der Waals surface area contributed by atoms with E-state index in [4.69, 9.17) is 15.2 Å². The van der Waals surface area contributed by atoms with Gasteiger partial charge in [0, 0.05) is 12.6 Å². The molecule has 0 unspecified atom stereocenters. The lowest BCUT2D eigenvalue weighted by atomic mass is 9.78. The lowest BCUT2D eigenvalue weighted by Gasteiger charge is -2.44. The van der Waals surface area contributed by atoms with Crippen molar-refractivity contribution in [3.63, 3.8) is 0 Å². The van der Waals surface area contributed by atoms with Gasteiger partial charge in [0.1, 0.15) is 5.75 Å². The van der Waals surface area contributed by atoms with Crippen LogP contribution in [-0.4, -0.2) is 48.5 Å². The number of para-hydroxylation sites is 1. The van der Waals surface area contributed by atoms with Gasteiger partial charge in [0.2, 0.25) is 0 Å². The predicted molar refractivity (Wildman–Crippen MR) is 98.1 cm³/mol. The molecule has 3 rings (SSSR count). The van der Waals surface area contributed by atoms with Gasteiger partial charge >= 0.3 is 5.97 Å². The topological polar surface area (TPSA) is 98.9 Å². The number of hydrogen-bond donors (Lipinski definition) is 1. The van der Waals surface area contributed by atoms with Crippen LogP contribution in [0.1, 0.15) is 48.9 Å². The first-order valence-electron chi connectivity index (χ1n) is 9.53. The SMILES string of the molecule is NC(=O)c1ccccc1OCC(=O)OCC(=O)N1CCC[C@H]2CCCC[C@H]21. The number of rotatable bonds is 6. The van der Waals surface area contributed by atoms with E-state index in [1.807, 2.05) is 4.90 Å². The second kappa shape index (κ2) is 8.88. The van der Waals surface area contributed by atoms with Crippen molar-refractivity contribution in [1.82, 2.24) is 4.90 Å². The van der Waals surface area contributed by atoms with Crippen LogP contribution in [0.5, 0.6) is 5.75 Å². The van der Waals surface area contributed by atoms with Crippen molar-refractivity contribution in [1.29, 1.82) is 0 Å². The van der Waals surface area contributed by atoms with Crippen molar-refractivity contribution in [2.24, 2.45) is 11.7 Å². The maximum absolute atomic E-state index is 12.5. The molecule has 1 aromatic carbocycles. The number of nitrogens with two attached hydrogens (primary N) is 1. The lowest BCUT2D eigenvalue weighted by Crippen LogP contribution is -2.51. The van der Waals surface area contributed by atoms with Crippen LogP contribution in [0.25, 0.3) is 0 Å². The highest BCUT2D eigenvalue weighted by Gasteiger charge is 2.35. The number of nitrogens with zero attached hydrogens (tertiary/aromatic N) is 1. The first-order chi connectivity index (χ1) is 13.1. The van der Waals surface area contributed by atoms with E-state index in [2.05, 4.69) is 0 Å². The molecule has 1 aromatic rings. The monoisotopic (exact) mass is 374 g/mol. The number of carbonyl (C=O) groups excluding carboxylic acids is 3. The average molecular weight is 374 g/mol. The maximum atomic E-state index is 12.5. The van der Waals surface area contributed by atoms with Gasteiger partial charge in [-0.1, -0.05) is 25.0 Å². The number of esters is 1. The third-order valence-electron chi connectivity index (χ3n) is 5.42. The summed E-state index contributed by atoms with van der Waals surface area (Å²) in [6.07, 6.45) is 6.80. The number of hydrogen-bond acceptors (Lipinski definition) is 5. The van der Waals surface area contributed by atoms with Crippen LogP contribution in [0.3, 0.4) is 0 Å².